The molecule has 0 atom stereocenters. The lowest BCUT2D eigenvalue weighted by Crippen LogP contribution is -2.50. The second-order valence-electron chi connectivity index (χ2n) is 8.24. The van der Waals surface area contributed by atoms with Crippen molar-refractivity contribution in [2.45, 2.75) is 0 Å². The number of piperazine rings is 1. The van der Waals surface area contributed by atoms with Gasteiger partial charge in [0, 0.05) is 42.5 Å². The number of carbonyl (C=O) groups excluding carboxylic acids is 1. The molecule has 1 aromatic heterocycles. The third kappa shape index (κ3) is 4.79. The minimum Gasteiger partial charge on any atom is -0.382 e. The number of nitrogens with one attached hydrogen (secondary N) is 1. The summed E-state index contributed by atoms with van der Waals surface area (Å²) in [6.07, 6.45) is 0. The SMILES string of the molecule is Nc1c(NC(=O)N2CCN(c3ccccc3)CC2)c(-c2ccc(Cl)cc2)nn1-c1ccc(F)cc1. The molecule has 35 heavy (non-hydrogen) atoms. The van der Waals surface area contributed by atoms with Crippen molar-refractivity contribution in [3.8, 4) is 16.9 Å². The number of halogens is 2. The number of hydrogen-bond donors (Lipinski definition) is 2. The van der Waals surface area contributed by atoms with E-state index in [4.69, 9.17) is 17.3 Å². The smallest absolute Gasteiger partial charge is 0.322 e. The molecule has 3 N–H and O–H groups in total. The summed E-state index contributed by atoms with van der Waals surface area (Å²) in [4.78, 5) is 17.2. The first-order valence-corrected chi connectivity index (χ1v) is 11.6. The van der Waals surface area contributed by atoms with Crippen LogP contribution in [-0.4, -0.2) is 46.9 Å². The molecule has 0 aliphatic carbocycles. The molecule has 5 rings (SSSR count). The minimum atomic E-state index is -0.361. The van der Waals surface area contributed by atoms with Crippen LogP contribution in [0.25, 0.3) is 16.9 Å². The Labute approximate surface area is 207 Å². The van der Waals surface area contributed by atoms with Crippen molar-refractivity contribution >= 4 is 34.8 Å². The zero-order valence-corrected chi connectivity index (χ0v) is 19.6. The summed E-state index contributed by atoms with van der Waals surface area (Å²) >= 11 is 6.06. The van der Waals surface area contributed by atoms with Crippen molar-refractivity contribution in [3.63, 3.8) is 0 Å². The van der Waals surface area contributed by atoms with Gasteiger partial charge in [0.05, 0.1) is 5.69 Å². The van der Waals surface area contributed by atoms with Gasteiger partial charge in [-0.05, 0) is 48.5 Å². The fourth-order valence-corrected chi connectivity index (χ4v) is 4.26. The molecule has 1 saturated heterocycles. The van der Waals surface area contributed by atoms with Crippen LogP contribution in [0.1, 0.15) is 0 Å². The Balaban J connectivity index is 1.40. The Morgan fingerprint density at radius 2 is 1.54 bits per heavy atom. The van der Waals surface area contributed by atoms with Crippen LogP contribution >= 0.6 is 11.6 Å². The Bertz CT molecular complexity index is 1320. The normalized spacial score (nSPS) is 13.7. The van der Waals surface area contributed by atoms with Crippen molar-refractivity contribution in [1.82, 2.24) is 14.7 Å². The van der Waals surface area contributed by atoms with Gasteiger partial charge in [0.15, 0.2) is 5.82 Å². The highest BCUT2D eigenvalue weighted by Crippen LogP contribution is 2.35. The largest absolute Gasteiger partial charge is 0.382 e. The number of nitrogens with zero attached hydrogens (tertiary/aromatic N) is 4. The van der Waals surface area contributed by atoms with Crippen LogP contribution in [0, 0.1) is 5.82 Å². The number of carbonyl (C=O) groups is 1. The second-order valence-corrected chi connectivity index (χ2v) is 8.68. The summed E-state index contributed by atoms with van der Waals surface area (Å²) in [5.41, 5.74) is 9.81. The van der Waals surface area contributed by atoms with Gasteiger partial charge in [-0.1, -0.05) is 41.9 Å². The van der Waals surface area contributed by atoms with Gasteiger partial charge in [-0.25, -0.2) is 13.9 Å². The van der Waals surface area contributed by atoms with E-state index in [0.717, 1.165) is 24.3 Å². The number of nitrogens with two attached hydrogens (primary N) is 1. The Morgan fingerprint density at radius 1 is 0.886 bits per heavy atom. The molecule has 0 radical (unpaired) electrons. The highest BCUT2D eigenvalue weighted by molar-refractivity contribution is 6.30. The zero-order valence-electron chi connectivity index (χ0n) is 18.9. The average Bonchev–Trinajstić information content (AvgIpc) is 3.21. The molecule has 2 heterocycles. The molecule has 1 aliphatic rings. The van der Waals surface area contributed by atoms with Gasteiger partial charge in [0.1, 0.15) is 17.2 Å². The number of para-hydroxylation sites is 1. The molecule has 0 bridgehead atoms. The molecule has 178 valence electrons. The molecule has 1 aliphatic heterocycles. The average molecular weight is 491 g/mol. The molecule has 7 nitrogen and oxygen atoms in total. The van der Waals surface area contributed by atoms with Gasteiger partial charge in [0.2, 0.25) is 0 Å². The highest BCUT2D eigenvalue weighted by Gasteiger charge is 2.25. The van der Waals surface area contributed by atoms with Gasteiger partial charge < -0.3 is 20.9 Å². The number of anilines is 3. The lowest BCUT2D eigenvalue weighted by Gasteiger charge is -2.36. The molecule has 4 aromatic rings. The number of hydrogen-bond acceptors (Lipinski definition) is 4. The standard InChI is InChI=1S/C26H24ClFN6O/c27-19-8-6-18(7-9-19)23-24(25(29)34(31-23)22-12-10-20(28)11-13-22)30-26(35)33-16-14-32(15-17-33)21-4-2-1-3-5-21/h1-13H,14-17,29H2,(H,30,35). The van der Waals surface area contributed by atoms with Crippen molar-refractivity contribution in [1.29, 1.82) is 0 Å². The van der Waals surface area contributed by atoms with Crippen LogP contribution in [0.2, 0.25) is 5.02 Å². The third-order valence-electron chi connectivity index (χ3n) is 6.03. The monoisotopic (exact) mass is 490 g/mol. The first-order chi connectivity index (χ1) is 17.0. The molecular weight excluding hydrogens is 467 g/mol. The molecule has 1 fully saturated rings. The van der Waals surface area contributed by atoms with Crippen molar-refractivity contribution in [2.24, 2.45) is 0 Å². The molecular formula is C26H24ClFN6O. The number of benzene rings is 3. The Morgan fingerprint density at radius 3 is 2.20 bits per heavy atom. The van der Waals surface area contributed by atoms with E-state index in [1.54, 1.807) is 29.2 Å². The van der Waals surface area contributed by atoms with Crippen LogP contribution in [0.15, 0.2) is 78.9 Å². The van der Waals surface area contributed by atoms with E-state index in [-0.39, 0.29) is 17.7 Å². The number of rotatable bonds is 4. The summed E-state index contributed by atoms with van der Waals surface area (Å²) in [5.74, 6) is -0.113. The molecule has 0 unspecified atom stereocenters. The second kappa shape index (κ2) is 9.68. The van der Waals surface area contributed by atoms with E-state index in [9.17, 15) is 9.18 Å². The predicted molar refractivity (Wildman–Crippen MR) is 138 cm³/mol. The number of aromatic nitrogens is 2. The maximum absolute atomic E-state index is 13.5. The quantitative estimate of drug-likeness (QED) is 0.408. The minimum absolute atomic E-state index is 0.248. The van der Waals surface area contributed by atoms with E-state index >= 15 is 0 Å². The van der Waals surface area contributed by atoms with Gasteiger partial charge in [-0.3, -0.25) is 0 Å². The van der Waals surface area contributed by atoms with E-state index < -0.39 is 0 Å². The van der Waals surface area contributed by atoms with Gasteiger partial charge in [0.25, 0.3) is 0 Å². The fourth-order valence-electron chi connectivity index (χ4n) is 4.14. The van der Waals surface area contributed by atoms with E-state index in [0.29, 0.717) is 35.2 Å². The topological polar surface area (TPSA) is 79.4 Å². The van der Waals surface area contributed by atoms with Crippen LogP contribution in [0.4, 0.5) is 26.4 Å². The van der Waals surface area contributed by atoms with E-state index in [1.165, 1.54) is 16.8 Å². The number of urea groups is 1. The van der Waals surface area contributed by atoms with E-state index in [1.807, 2.05) is 30.3 Å². The summed E-state index contributed by atoms with van der Waals surface area (Å²) in [7, 11) is 0. The Hall–Kier alpha value is -4.04. The Kier molecular flexibility index (Phi) is 6.29. The molecule has 3 aromatic carbocycles. The third-order valence-corrected chi connectivity index (χ3v) is 6.28. The van der Waals surface area contributed by atoms with Crippen LogP contribution in [0.5, 0.6) is 0 Å². The fraction of sp³-hybridized carbons (Fsp3) is 0.154. The van der Waals surface area contributed by atoms with Gasteiger partial charge in [-0.15, -0.1) is 0 Å². The molecule has 0 spiro atoms. The van der Waals surface area contributed by atoms with Crippen molar-refractivity contribution in [2.75, 3.05) is 42.1 Å². The predicted octanol–water partition coefficient (Wildman–Crippen LogP) is 5.27. The van der Waals surface area contributed by atoms with E-state index in [2.05, 4.69) is 27.4 Å². The molecule has 2 amide bonds. The lowest BCUT2D eigenvalue weighted by atomic mass is 10.1. The lowest BCUT2D eigenvalue weighted by molar-refractivity contribution is 0.208. The summed E-state index contributed by atoms with van der Waals surface area (Å²) in [6, 6.07) is 22.8. The van der Waals surface area contributed by atoms with Gasteiger partial charge in [-0.2, -0.15) is 5.10 Å². The number of nitrogen functional groups attached to an aromatic ring is 1. The molecule has 0 saturated carbocycles. The molecule has 9 heteroatoms. The number of amides is 2. The summed E-state index contributed by atoms with van der Waals surface area (Å²) in [5, 5.41) is 8.20. The van der Waals surface area contributed by atoms with Crippen LogP contribution in [-0.2, 0) is 0 Å². The summed E-state index contributed by atoms with van der Waals surface area (Å²) < 4.78 is 15.0. The first kappa shape index (κ1) is 22.7. The zero-order chi connectivity index (χ0) is 24.4. The van der Waals surface area contributed by atoms with Crippen molar-refractivity contribution < 1.29 is 9.18 Å². The maximum Gasteiger partial charge on any atom is 0.322 e. The van der Waals surface area contributed by atoms with Crippen molar-refractivity contribution in [3.05, 3.63) is 89.7 Å². The van der Waals surface area contributed by atoms with Gasteiger partial charge >= 0.3 is 6.03 Å². The van der Waals surface area contributed by atoms with Crippen LogP contribution in [0.3, 0.4) is 0 Å². The summed E-state index contributed by atoms with van der Waals surface area (Å²) in [6.45, 7) is 2.60. The first-order valence-electron chi connectivity index (χ1n) is 11.3. The maximum atomic E-state index is 13.5. The highest BCUT2D eigenvalue weighted by atomic mass is 35.5. The van der Waals surface area contributed by atoms with Crippen LogP contribution < -0.4 is 16.0 Å².